The van der Waals surface area contributed by atoms with Crippen LogP contribution in [0.2, 0.25) is 0 Å². The maximum absolute atomic E-state index is 12.1. The van der Waals surface area contributed by atoms with Gasteiger partial charge in [-0.25, -0.2) is 0 Å². The zero-order valence-electron chi connectivity index (χ0n) is 17.1. The lowest BCUT2D eigenvalue weighted by atomic mass is 9.43. The van der Waals surface area contributed by atoms with E-state index in [4.69, 9.17) is 4.74 Å². The normalized spacial score (nSPS) is 50.5. The highest BCUT2D eigenvalue weighted by Gasteiger charge is 2.62. The predicted molar refractivity (Wildman–Crippen MR) is 101 cm³/mol. The summed E-state index contributed by atoms with van der Waals surface area (Å²) in [5, 5.41) is 0. The Morgan fingerprint density at radius 2 is 1.85 bits per heavy atom. The van der Waals surface area contributed by atoms with E-state index in [-0.39, 0.29) is 17.5 Å². The van der Waals surface area contributed by atoms with Gasteiger partial charge < -0.3 is 4.74 Å². The molecule has 3 heteroatoms. The van der Waals surface area contributed by atoms with Gasteiger partial charge in [-0.1, -0.05) is 27.7 Å². The third-order valence-electron chi connectivity index (χ3n) is 9.32. The molecule has 0 aromatic rings. The van der Waals surface area contributed by atoms with Crippen molar-refractivity contribution in [2.75, 3.05) is 0 Å². The molecule has 4 rings (SSSR count). The van der Waals surface area contributed by atoms with Gasteiger partial charge in [-0.3, -0.25) is 9.59 Å². The SMILES string of the molecule is CCC(=O)OC1CCC2C3C(C)CC4CC(=O)CCC4(C)C3CCC12C. The van der Waals surface area contributed by atoms with Crippen LogP contribution in [0.4, 0.5) is 0 Å². The van der Waals surface area contributed by atoms with Gasteiger partial charge >= 0.3 is 5.97 Å². The van der Waals surface area contributed by atoms with Crippen molar-refractivity contribution in [2.24, 2.45) is 40.4 Å². The van der Waals surface area contributed by atoms with Gasteiger partial charge in [0, 0.05) is 24.7 Å². The molecule has 8 atom stereocenters. The molecule has 4 fully saturated rings. The molecule has 4 aliphatic carbocycles. The van der Waals surface area contributed by atoms with E-state index in [1.54, 1.807) is 0 Å². The Balaban J connectivity index is 1.60. The molecule has 8 unspecified atom stereocenters. The smallest absolute Gasteiger partial charge is 0.305 e. The molecule has 3 nitrogen and oxygen atoms in total. The van der Waals surface area contributed by atoms with Crippen LogP contribution >= 0.6 is 0 Å². The monoisotopic (exact) mass is 360 g/mol. The van der Waals surface area contributed by atoms with Crippen LogP contribution in [-0.2, 0) is 14.3 Å². The van der Waals surface area contributed by atoms with Gasteiger partial charge in [0.2, 0.25) is 0 Å². The molecule has 4 saturated carbocycles. The Hall–Kier alpha value is -0.860. The summed E-state index contributed by atoms with van der Waals surface area (Å²) < 4.78 is 5.91. The standard InChI is InChI=1S/C23H36O3/c1-5-20(25)26-19-7-6-17-21-14(2)12-15-13-16(24)8-10-22(15,3)18(21)9-11-23(17,19)4/h14-15,17-19,21H,5-13H2,1-4H3. The molecule has 0 aromatic carbocycles. The minimum Gasteiger partial charge on any atom is -0.462 e. The molecular formula is C23H36O3. The summed E-state index contributed by atoms with van der Waals surface area (Å²) in [4.78, 5) is 24.0. The lowest BCUT2D eigenvalue weighted by Gasteiger charge is -2.62. The Morgan fingerprint density at radius 3 is 2.58 bits per heavy atom. The summed E-state index contributed by atoms with van der Waals surface area (Å²) in [7, 11) is 0. The first-order chi connectivity index (χ1) is 12.3. The predicted octanol–water partition coefficient (Wildman–Crippen LogP) is 5.17. The van der Waals surface area contributed by atoms with Crippen LogP contribution in [0.1, 0.15) is 85.5 Å². The van der Waals surface area contributed by atoms with E-state index in [0.717, 1.165) is 37.5 Å². The van der Waals surface area contributed by atoms with Crippen molar-refractivity contribution in [2.45, 2.75) is 91.6 Å². The summed E-state index contributed by atoms with van der Waals surface area (Å²) in [5.74, 6) is 3.92. The molecule has 0 aromatic heterocycles. The third kappa shape index (κ3) is 2.59. The van der Waals surface area contributed by atoms with Crippen LogP contribution in [0.5, 0.6) is 0 Å². The highest BCUT2D eigenvalue weighted by Crippen LogP contribution is 2.67. The molecule has 0 N–H and O–H groups in total. The molecule has 0 amide bonds. The molecule has 0 heterocycles. The number of fused-ring (bicyclic) bond motifs is 5. The van der Waals surface area contributed by atoms with Crippen LogP contribution in [0, 0.1) is 40.4 Å². The average Bonchev–Trinajstić information content (AvgIpc) is 2.93. The van der Waals surface area contributed by atoms with Crippen molar-refractivity contribution >= 4 is 11.8 Å². The van der Waals surface area contributed by atoms with Gasteiger partial charge in [-0.15, -0.1) is 0 Å². The lowest BCUT2D eigenvalue weighted by molar-refractivity contribution is -0.169. The van der Waals surface area contributed by atoms with E-state index in [1.165, 1.54) is 25.7 Å². The number of hydrogen-bond acceptors (Lipinski definition) is 3. The number of carbonyl (C=O) groups excluding carboxylic acids is 2. The second-order valence-electron chi connectivity index (χ2n) is 10.4. The topological polar surface area (TPSA) is 43.4 Å². The molecule has 146 valence electrons. The minimum atomic E-state index is -0.0338. The summed E-state index contributed by atoms with van der Waals surface area (Å²) in [6.45, 7) is 9.23. The number of Topliss-reactive ketones (excluding diaryl/α,β-unsaturated/α-hetero) is 1. The molecule has 0 radical (unpaired) electrons. The molecule has 0 saturated heterocycles. The maximum Gasteiger partial charge on any atom is 0.305 e. The second kappa shape index (κ2) is 6.34. The maximum atomic E-state index is 12.1. The number of ketones is 1. The first-order valence-corrected chi connectivity index (χ1v) is 11.0. The number of esters is 1. The molecule has 0 bridgehead atoms. The highest BCUT2D eigenvalue weighted by atomic mass is 16.5. The minimum absolute atomic E-state index is 0.0338. The average molecular weight is 361 g/mol. The van der Waals surface area contributed by atoms with Crippen molar-refractivity contribution in [3.63, 3.8) is 0 Å². The van der Waals surface area contributed by atoms with Crippen molar-refractivity contribution < 1.29 is 14.3 Å². The summed E-state index contributed by atoms with van der Waals surface area (Å²) in [6.07, 6.45) is 9.22. The molecule has 0 aliphatic heterocycles. The Morgan fingerprint density at radius 1 is 1.12 bits per heavy atom. The second-order valence-corrected chi connectivity index (χ2v) is 10.4. The fraction of sp³-hybridized carbons (Fsp3) is 0.913. The van der Waals surface area contributed by atoms with Crippen LogP contribution in [0.25, 0.3) is 0 Å². The van der Waals surface area contributed by atoms with E-state index in [9.17, 15) is 9.59 Å². The zero-order chi connectivity index (χ0) is 18.7. The van der Waals surface area contributed by atoms with E-state index in [1.807, 2.05) is 6.92 Å². The van der Waals surface area contributed by atoms with Crippen molar-refractivity contribution in [3.8, 4) is 0 Å². The first-order valence-electron chi connectivity index (χ1n) is 11.0. The largest absolute Gasteiger partial charge is 0.462 e. The van der Waals surface area contributed by atoms with Gasteiger partial charge in [0.1, 0.15) is 11.9 Å². The molecule has 0 spiro atoms. The van der Waals surface area contributed by atoms with E-state index < -0.39 is 0 Å². The fourth-order valence-corrected chi connectivity index (χ4v) is 7.81. The zero-order valence-corrected chi connectivity index (χ0v) is 17.1. The van der Waals surface area contributed by atoms with Gasteiger partial charge in [0.15, 0.2) is 0 Å². The quantitative estimate of drug-likeness (QED) is 0.638. The number of ether oxygens (including phenoxy) is 1. The number of rotatable bonds is 2. The van der Waals surface area contributed by atoms with Crippen LogP contribution < -0.4 is 0 Å². The third-order valence-corrected chi connectivity index (χ3v) is 9.32. The molecule has 26 heavy (non-hydrogen) atoms. The van der Waals surface area contributed by atoms with E-state index in [0.29, 0.717) is 35.4 Å². The van der Waals surface area contributed by atoms with E-state index >= 15 is 0 Å². The summed E-state index contributed by atoms with van der Waals surface area (Å²) >= 11 is 0. The Labute approximate surface area is 158 Å². The van der Waals surface area contributed by atoms with Gasteiger partial charge in [-0.05, 0) is 73.5 Å². The van der Waals surface area contributed by atoms with Crippen molar-refractivity contribution in [3.05, 3.63) is 0 Å². The number of carbonyl (C=O) groups is 2. The Kier molecular flexibility index (Phi) is 4.51. The fourth-order valence-electron chi connectivity index (χ4n) is 7.81. The summed E-state index contributed by atoms with van der Waals surface area (Å²) in [6, 6.07) is 0. The molecular weight excluding hydrogens is 324 g/mol. The highest BCUT2D eigenvalue weighted by molar-refractivity contribution is 5.79. The Bertz CT molecular complexity index is 598. The van der Waals surface area contributed by atoms with Crippen molar-refractivity contribution in [1.29, 1.82) is 0 Å². The first kappa shape index (κ1) is 18.5. The van der Waals surface area contributed by atoms with Crippen LogP contribution in [0.15, 0.2) is 0 Å². The van der Waals surface area contributed by atoms with E-state index in [2.05, 4.69) is 20.8 Å². The van der Waals surface area contributed by atoms with Gasteiger partial charge in [0.05, 0.1) is 0 Å². The lowest BCUT2D eigenvalue weighted by Crippen LogP contribution is -2.56. The van der Waals surface area contributed by atoms with Gasteiger partial charge in [0.25, 0.3) is 0 Å². The van der Waals surface area contributed by atoms with Crippen LogP contribution in [0.3, 0.4) is 0 Å². The number of hydrogen-bond donors (Lipinski definition) is 0. The summed E-state index contributed by atoms with van der Waals surface area (Å²) in [5.41, 5.74) is 0.512. The molecule has 4 aliphatic rings. The van der Waals surface area contributed by atoms with Crippen LogP contribution in [-0.4, -0.2) is 17.9 Å². The van der Waals surface area contributed by atoms with Gasteiger partial charge in [-0.2, -0.15) is 0 Å². The van der Waals surface area contributed by atoms with Crippen molar-refractivity contribution in [1.82, 2.24) is 0 Å².